The van der Waals surface area contributed by atoms with E-state index in [1.54, 1.807) is 18.1 Å². The second kappa shape index (κ2) is 5.77. The van der Waals surface area contributed by atoms with Crippen molar-refractivity contribution in [1.82, 2.24) is 9.88 Å². The van der Waals surface area contributed by atoms with Gasteiger partial charge < -0.3 is 24.5 Å². The molecule has 25 heavy (non-hydrogen) atoms. The normalized spacial score (nSPS) is 25.8. The molecule has 0 bridgehead atoms. The molecule has 2 aromatic rings. The van der Waals surface area contributed by atoms with E-state index in [-0.39, 0.29) is 18.4 Å². The molecule has 2 atom stereocenters. The fourth-order valence-corrected chi connectivity index (χ4v) is 3.98. The summed E-state index contributed by atoms with van der Waals surface area (Å²) in [5.74, 6) is -0.450. The molecule has 0 saturated carbocycles. The quantitative estimate of drug-likeness (QED) is 0.885. The number of benzene rings is 1. The molecular formula is C18H20N2O5. The van der Waals surface area contributed by atoms with Crippen molar-refractivity contribution in [3.05, 3.63) is 30.0 Å². The van der Waals surface area contributed by atoms with Gasteiger partial charge in [-0.15, -0.1) is 0 Å². The fraction of sp³-hybridized carbons (Fsp3) is 0.444. The molecule has 132 valence electrons. The third kappa shape index (κ3) is 2.46. The maximum atomic E-state index is 12.9. The number of fused-ring (bicyclic) bond motifs is 2. The van der Waals surface area contributed by atoms with Crippen LogP contribution in [-0.4, -0.2) is 60.3 Å². The van der Waals surface area contributed by atoms with E-state index in [0.29, 0.717) is 31.9 Å². The monoisotopic (exact) mass is 344 g/mol. The van der Waals surface area contributed by atoms with Gasteiger partial charge in [0.15, 0.2) is 0 Å². The number of carbonyl (C=O) groups is 2. The number of carboxylic acid groups (broad SMARTS) is 1. The smallest absolute Gasteiger partial charge is 0.311 e. The van der Waals surface area contributed by atoms with Crippen molar-refractivity contribution >= 4 is 22.8 Å². The van der Waals surface area contributed by atoms with Gasteiger partial charge in [0, 0.05) is 36.5 Å². The van der Waals surface area contributed by atoms with Gasteiger partial charge in [0.2, 0.25) is 0 Å². The van der Waals surface area contributed by atoms with Crippen LogP contribution in [0.15, 0.2) is 24.3 Å². The Morgan fingerprint density at radius 3 is 2.96 bits per heavy atom. The number of methoxy groups -OCH3 is 1. The lowest BCUT2D eigenvalue weighted by molar-refractivity contribution is -0.157. The summed E-state index contributed by atoms with van der Waals surface area (Å²) < 4.78 is 10.7. The van der Waals surface area contributed by atoms with E-state index in [0.717, 1.165) is 16.7 Å². The summed E-state index contributed by atoms with van der Waals surface area (Å²) >= 11 is 0. The van der Waals surface area contributed by atoms with Crippen molar-refractivity contribution in [3.63, 3.8) is 0 Å². The van der Waals surface area contributed by atoms with E-state index in [2.05, 4.69) is 4.98 Å². The molecule has 3 heterocycles. The molecular weight excluding hydrogens is 324 g/mol. The molecule has 4 rings (SSSR count). The number of carboxylic acids is 1. The molecule has 7 heteroatoms. The molecule has 0 spiro atoms. The topological polar surface area (TPSA) is 91.9 Å². The van der Waals surface area contributed by atoms with Crippen molar-refractivity contribution in [2.45, 2.75) is 6.42 Å². The summed E-state index contributed by atoms with van der Waals surface area (Å²) in [5.41, 5.74) is 0.420. The van der Waals surface area contributed by atoms with Crippen LogP contribution in [-0.2, 0) is 9.53 Å². The summed E-state index contributed by atoms with van der Waals surface area (Å²) in [6.07, 6.45) is 0.445. The van der Waals surface area contributed by atoms with Crippen LogP contribution in [0.1, 0.15) is 16.9 Å². The van der Waals surface area contributed by atoms with Crippen LogP contribution in [0.25, 0.3) is 10.9 Å². The third-order valence-corrected chi connectivity index (χ3v) is 5.48. The van der Waals surface area contributed by atoms with Crippen LogP contribution in [0.2, 0.25) is 0 Å². The highest BCUT2D eigenvalue weighted by molar-refractivity contribution is 5.99. The Hall–Kier alpha value is -2.54. The molecule has 2 aliphatic heterocycles. The minimum atomic E-state index is -0.886. The van der Waals surface area contributed by atoms with Crippen LogP contribution in [0, 0.1) is 11.3 Å². The number of ether oxygens (including phenoxy) is 2. The van der Waals surface area contributed by atoms with Crippen molar-refractivity contribution < 1.29 is 24.2 Å². The number of likely N-dealkylation sites (tertiary alicyclic amines) is 1. The predicted octanol–water partition coefficient (Wildman–Crippen LogP) is 1.74. The van der Waals surface area contributed by atoms with Crippen LogP contribution in [0.4, 0.5) is 0 Å². The minimum Gasteiger partial charge on any atom is -0.497 e. The molecule has 0 unspecified atom stereocenters. The zero-order chi connectivity index (χ0) is 17.6. The first-order chi connectivity index (χ1) is 12.0. The third-order valence-electron chi connectivity index (χ3n) is 5.48. The van der Waals surface area contributed by atoms with Crippen molar-refractivity contribution in [1.29, 1.82) is 0 Å². The number of aromatic amines is 1. The van der Waals surface area contributed by atoms with E-state index in [9.17, 15) is 14.7 Å². The number of rotatable bonds is 3. The van der Waals surface area contributed by atoms with Gasteiger partial charge >= 0.3 is 5.97 Å². The number of aliphatic carboxylic acids is 1. The van der Waals surface area contributed by atoms with Crippen LogP contribution < -0.4 is 4.74 Å². The molecule has 0 radical (unpaired) electrons. The van der Waals surface area contributed by atoms with Crippen molar-refractivity contribution in [2.75, 3.05) is 33.4 Å². The molecule has 1 amide bonds. The predicted molar refractivity (Wildman–Crippen MR) is 89.7 cm³/mol. The second-order valence-corrected chi connectivity index (χ2v) is 6.80. The molecule has 1 aromatic carbocycles. The average Bonchev–Trinajstić information content (AvgIpc) is 3.22. The maximum absolute atomic E-state index is 12.9. The molecule has 7 nitrogen and oxygen atoms in total. The lowest BCUT2D eigenvalue weighted by atomic mass is 9.74. The van der Waals surface area contributed by atoms with Crippen molar-refractivity contribution in [2.24, 2.45) is 11.3 Å². The van der Waals surface area contributed by atoms with E-state index >= 15 is 0 Å². The maximum Gasteiger partial charge on any atom is 0.311 e. The van der Waals surface area contributed by atoms with Gasteiger partial charge in [-0.25, -0.2) is 0 Å². The number of carbonyl (C=O) groups excluding carboxylic acids is 1. The highest BCUT2D eigenvalue weighted by Gasteiger charge is 2.55. The Kier molecular flexibility index (Phi) is 3.68. The first-order valence-electron chi connectivity index (χ1n) is 8.31. The molecule has 1 aromatic heterocycles. The Morgan fingerprint density at radius 2 is 2.24 bits per heavy atom. The van der Waals surface area contributed by atoms with Gasteiger partial charge in [0.25, 0.3) is 5.91 Å². The number of nitrogens with zero attached hydrogens (tertiary/aromatic N) is 1. The largest absolute Gasteiger partial charge is 0.497 e. The molecule has 2 N–H and O–H groups in total. The number of H-pyrrole nitrogens is 1. The summed E-state index contributed by atoms with van der Waals surface area (Å²) in [6, 6.07) is 7.33. The lowest BCUT2D eigenvalue weighted by Gasteiger charge is -2.33. The molecule has 2 saturated heterocycles. The number of amides is 1. The lowest BCUT2D eigenvalue weighted by Crippen LogP contribution is -2.45. The highest BCUT2D eigenvalue weighted by atomic mass is 16.5. The van der Waals surface area contributed by atoms with Gasteiger partial charge in [-0.3, -0.25) is 9.59 Å². The van der Waals surface area contributed by atoms with Gasteiger partial charge in [0.1, 0.15) is 11.4 Å². The van der Waals surface area contributed by atoms with Crippen molar-refractivity contribution in [3.8, 4) is 5.75 Å². The Bertz CT molecular complexity index is 845. The second-order valence-electron chi connectivity index (χ2n) is 6.80. The average molecular weight is 344 g/mol. The summed E-state index contributed by atoms with van der Waals surface area (Å²) in [5, 5.41) is 10.6. The number of nitrogens with one attached hydrogen (secondary N) is 1. The van der Waals surface area contributed by atoms with Gasteiger partial charge in [-0.2, -0.15) is 0 Å². The Balaban J connectivity index is 1.62. The first-order valence-corrected chi connectivity index (χ1v) is 8.31. The Morgan fingerprint density at radius 1 is 1.40 bits per heavy atom. The molecule has 2 aliphatic rings. The fourth-order valence-electron chi connectivity index (χ4n) is 3.98. The number of hydrogen-bond acceptors (Lipinski definition) is 4. The minimum absolute atomic E-state index is 0.160. The van der Waals surface area contributed by atoms with Crippen LogP contribution >= 0.6 is 0 Å². The number of hydrogen-bond donors (Lipinski definition) is 2. The zero-order valence-corrected chi connectivity index (χ0v) is 13.9. The van der Waals surface area contributed by atoms with Gasteiger partial charge in [-0.05, 0) is 30.7 Å². The highest BCUT2D eigenvalue weighted by Crippen LogP contribution is 2.42. The standard InChI is InChI=1S/C18H20N2O5/c1-24-13-2-3-14-11(6-13)7-15(19-14)16(21)20-8-12-9-25-5-4-18(12,10-20)17(22)23/h2-3,6-7,12,19H,4-5,8-10H2,1H3,(H,22,23)/t12-,18+/m0/s1. The van der Waals surface area contributed by atoms with E-state index < -0.39 is 11.4 Å². The molecule has 2 fully saturated rings. The van der Waals surface area contributed by atoms with Gasteiger partial charge in [0.05, 0.1) is 19.1 Å². The summed E-state index contributed by atoms with van der Waals surface area (Å²) in [6.45, 7) is 1.45. The summed E-state index contributed by atoms with van der Waals surface area (Å²) in [7, 11) is 1.60. The van der Waals surface area contributed by atoms with E-state index in [4.69, 9.17) is 9.47 Å². The zero-order valence-electron chi connectivity index (χ0n) is 13.9. The van der Waals surface area contributed by atoms with Crippen LogP contribution in [0.3, 0.4) is 0 Å². The first kappa shape index (κ1) is 16.0. The van der Waals surface area contributed by atoms with Crippen LogP contribution in [0.5, 0.6) is 5.75 Å². The summed E-state index contributed by atoms with van der Waals surface area (Å²) in [4.78, 5) is 29.5. The Labute approximate surface area is 144 Å². The molecule has 0 aliphatic carbocycles. The van der Waals surface area contributed by atoms with E-state index in [1.165, 1.54) is 0 Å². The SMILES string of the molecule is COc1ccc2[nH]c(C(=O)N3C[C@H]4COCC[C@@]4(C(=O)O)C3)cc2c1. The van der Waals surface area contributed by atoms with Gasteiger partial charge in [-0.1, -0.05) is 0 Å². The number of aromatic nitrogens is 1. The van der Waals surface area contributed by atoms with E-state index in [1.807, 2.05) is 18.2 Å².